The molecule has 0 amide bonds. The van der Waals surface area contributed by atoms with Crippen LogP contribution < -0.4 is 11.1 Å². The third kappa shape index (κ3) is 2.92. The first-order chi connectivity index (χ1) is 10.3. The van der Waals surface area contributed by atoms with Gasteiger partial charge in [0.1, 0.15) is 5.52 Å². The molecule has 21 heavy (non-hydrogen) atoms. The van der Waals surface area contributed by atoms with Gasteiger partial charge in [-0.05, 0) is 12.0 Å². The topological polar surface area (TPSA) is 113 Å². The molecular formula is C14H16N6O. The maximum Gasteiger partial charge on any atom is 0.227 e. The summed E-state index contributed by atoms with van der Waals surface area (Å²) in [5.74, 6) is 0.693. The molecule has 1 aromatic carbocycles. The van der Waals surface area contributed by atoms with Crippen molar-refractivity contribution in [2.45, 2.75) is 12.5 Å². The largest absolute Gasteiger partial charge is 0.394 e. The van der Waals surface area contributed by atoms with Crippen molar-refractivity contribution < 1.29 is 5.11 Å². The van der Waals surface area contributed by atoms with Crippen molar-refractivity contribution >= 4 is 22.9 Å². The highest BCUT2D eigenvalue weighted by molar-refractivity contribution is 5.82. The number of aliphatic hydroxyl groups excluding tert-OH is 1. The maximum atomic E-state index is 9.52. The molecule has 0 aliphatic rings. The van der Waals surface area contributed by atoms with E-state index in [1.54, 1.807) is 0 Å². The SMILES string of the molecule is Nc1nc(NC(CO)Cc2ccccc2)nc2nc[nH]c12. The second kappa shape index (κ2) is 5.76. The number of nitrogen functional groups attached to an aromatic ring is 1. The fourth-order valence-electron chi connectivity index (χ4n) is 2.16. The van der Waals surface area contributed by atoms with Crippen LogP contribution in [-0.4, -0.2) is 37.7 Å². The zero-order valence-electron chi connectivity index (χ0n) is 11.3. The van der Waals surface area contributed by atoms with Crippen molar-refractivity contribution in [3.63, 3.8) is 0 Å². The lowest BCUT2D eigenvalue weighted by molar-refractivity contribution is 0.273. The molecule has 2 aromatic heterocycles. The molecule has 0 bridgehead atoms. The Hall–Kier alpha value is -2.67. The van der Waals surface area contributed by atoms with E-state index in [4.69, 9.17) is 5.73 Å². The standard InChI is InChI=1S/C14H16N6O/c15-12-11-13(17-8-16-11)20-14(19-12)18-10(7-21)6-9-4-2-1-3-5-9/h1-5,8,10,21H,6-7H2,(H4,15,16,17,18,19,20). The van der Waals surface area contributed by atoms with E-state index in [0.29, 0.717) is 29.4 Å². The highest BCUT2D eigenvalue weighted by Gasteiger charge is 2.12. The van der Waals surface area contributed by atoms with Crippen LogP contribution in [0.4, 0.5) is 11.8 Å². The predicted octanol–water partition coefficient (Wildman–Crippen LogP) is 0.951. The first kappa shape index (κ1) is 13.3. The van der Waals surface area contributed by atoms with Crippen LogP contribution >= 0.6 is 0 Å². The Kier molecular flexibility index (Phi) is 3.65. The van der Waals surface area contributed by atoms with E-state index in [9.17, 15) is 5.11 Å². The summed E-state index contributed by atoms with van der Waals surface area (Å²) in [7, 11) is 0. The fourth-order valence-corrected chi connectivity index (χ4v) is 2.16. The molecule has 0 fully saturated rings. The molecule has 7 nitrogen and oxygen atoms in total. The van der Waals surface area contributed by atoms with Crippen molar-refractivity contribution in [2.75, 3.05) is 17.7 Å². The summed E-state index contributed by atoms with van der Waals surface area (Å²) in [6, 6.07) is 9.72. The van der Waals surface area contributed by atoms with E-state index in [0.717, 1.165) is 5.56 Å². The molecule has 7 heteroatoms. The Labute approximate surface area is 121 Å². The number of H-pyrrole nitrogens is 1. The van der Waals surface area contributed by atoms with E-state index >= 15 is 0 Å². The monoisotopic (exact) mass is 284 g/mol. The third-order valence-electron chi connectivity index (χ3n) is 3.19. The van der Waals surface area contributed by atoms with Crippen molar-refractivity contribution in [1.82, 2.24) is 19.9 Å². The van der Waals surface area contributed by atoms with Crippen molar-refractivity contribution in [1.29, 1.82) is 0 Å². The predicted molar refractivity (Wildman–Crippen MR) is 80.7 cm³/mol. The molecule has 1 atom stereocenters. The quantitative estimate of drug-likeness (QED) is 0.555. The van der Waals surface area contributed by atoms with Crippen LogP contribution in [0.5, 0.6) is 0 Å². The number of fused-ring (bicyclic) bond motifs is 1. The fraction of sp³-hybridized carbons (Fsp3) is 0.214. The number of benzene rings is 1. The number of aromatic nitrogens is 4. The molecule has 0 radical (unpaired) electrons. The Morgan fingerprint density at radius 3 is 2.81 bits per heavy atom. The van der Waals surface area contributed by atoms with E-state index in [1.807, 2.05) is 30.3 Å². The van der Waals surface area contributed by atoms with Gasteiger partial charge in [0.25, 0.3) is 0 Å². The Balaban J connectivity index is 1.79. The van der Waals surface area contributed by atoms with Crippen molar-refractivity contribution in [2.24, 2.45) is 0 Å². The first-order valence-electron chi connectivity index (χ1n) is 6.64. The summed E-state index contributed by atoms with van der Waals surface area (Å²) in [5, 5.41) is 12.6. The summed E-state index contributed by atoms with van der Waals surface area (Å²) in [5.41, 5.74) is 8.09. The van der Waals surface area contributed by atoms with E-state index in [1.165, 1.54) is 6.33 Å². The Morgan fingerprint density at radius 2 is 2.05 bits per heavy atom. The van der Waals surface area contributed by atoms with Gasteiger partial charge in [0.2, 0.25) is 5.95 Å². The smallest absolute Gasteiger partial charge is 0.227 e. The minimum absolute atomic E-state index is 0.0310. The lowest BCUT2D eigenvalue weighted by Crippen LogP contribution is -2.27. The summed E-state index contributed by atoms with van der Waals surface area (Å²) >= 11 is 0. The number of aliphatic hydroxyl groups is 1. The third-order valence-corrected chi connectivity index (χ3v) is 3.19. The molecule has 5 N–H and O–H groups in total. The second-order valence-corrected chi connectivity index (χ2v) is 4.75. The van der Waals surface area contributed by atoms with Gasteiger partial charge in [-0.3, -0.25) is 0 Å². The van der Waals surface area contributed by atoms with Crippen LogP contribution in [-0.2, 0) is 6.42 Å². The van der Waals surface area contributed by atoms with E-state index < -0.39 is 0 Å². The van der Waals surface area contributed by atoms with Gasteiger partial charge in [-0.15, -0.1) is 0 Å². The lowest BCUT2D eigenvalue weighted by atomic mass is 10.1. The van der Waals surface area contributed by atoms with Gasteiger partial charge in [0.15, 0.2) is 11.5 Å². The van der Waals surface area contributed by atoms with Crippen LogP contribution in [0.15, 0.2) is 36.7 Å². The number of nitrogens with one attached hydrogen (secondary N) is 2. The molecule has 0 aliphatic heterocycles. The summed E-state index contributed by atoms with van der Waals surface area (Å²) in [4.78, 5) is 15.4. The molecule has 3 rings (SSSR count). The average molecular weight is 284 g/mol. The normalized spacial score (nSPS) is 12.4. The Bertz CT molecular complexity index is 727. The number of anilines is 2. The number of hydrogen-bond donors (Lipinski definition) is 4. The molecule has 1 unspecified atom stereocenters. The van der Waals surface area contributed by atoms with E-state index in [-0.39, 0.29) is 12.6 Å². The van der Waals surface area contributed by atoms with Crippen LogP contribution in [0, 0.1) is 0 Å². The average Bonchev–Trinajstić information content (AvgIpc) is 2.96. The van der Waals surface area contributed by atoms with Gasteiger partial charge in [0.05, 0.1) is 19.0 Å². The van der Waals surface area contributed by atoms with Gasteiger partial charge >= 0.3 is 0 Å². The lowest BCUT2D eigenvalue weighted by Gasteiger charge is -2.16. The van der Waals surface area contributed by atoms with Gasteiger partial charge in [0, 0.05) is 0 Å². The molecule has 0 saturated heterocycles. The second-order valence-electron chi connectivity index (χ2n) is 4.75. The van der Waals surface area contributed by atoms with Gasteiger partial charge in [-0.1, -0.05) is 30.3 Å². The number of aromatic amines is 1. The van der Waals surface area contributed by atoms with Gasteiger partial charge < -0.3 is 21.1 Å². The maximum absolute atomic E-state index is 9.52. The number of imidazole rings is 1. The van der Waals surface area contributed by atoms with Crippen LogP contribution in [0.2, 0.25) is 0 Å². The number of nitrogens with zero attached hydrogens (tertiary/aromatic N) is 3. The van der Waals surface area contributed by atoms with Gasteiger partial charge in [-0.25, -0.2) is 4.98 Å². The molecule has 2 heterocycles. The number of hydrogen-bond acceptors (Lipinski definition) is 6. The highest BCUT2D eigenvalue weighted by atomic mass is 16.3. The van der Waals surface area contributed by atoms with E-state index in [2.05, 4.69) is 25.3 Å². The summed E-state index contributed by atoms with van der Waals surface area (Å²) < 4.78 is 0. The molecular weight excluding hydrogens is 268 g/mol. The molecule has 0 saturated carbocycles. The van der Waals surface area contributed by atoms with Crippen molar-refractivity contribution in [3.8, 4) is 0 Å². The van der Waals surface area contributed by atoms with Gasteiger partial charge in [-0.2, -0.15) is 9.97 Å². The Morgan fingerprint density at radius 1 is 1.24 bits per heavy atom. The molecule has 108 valence electrons. The first-order valence-corrected chi connectivity index (χ1v) is 6.64. The summed E-state index contributed by atoms with van der Waals surface area (Å²) in [6.07, 6.45) is 2.19. The van der Waals surface area contributed by atoms with Crippen LogP contribution in [0.1, 0.15) is 5.56 Å². The minimum atomic E-state index is -0.191. The van der Waals surface area contributed by atoms with Crippen LogP contribution in [0.25, 0.3) is 11.2 Å². The number of nitrogens with two attached hydrogens (primary N) is 1. The zero-order valence-corrected chi connectivity index (χ0v) is 11.3. The van der Waals surface area contributed by atoms with Crippen LogP contribution in [0.3, 0.4) is 0 Å². The minimum Gasteiger partial charge on any atom is -0.394 e. The number of rotatable bonds is 5. The molecule has 3 aromatic rings. The molecule has 0 aliphatic carbocycles. The van der Waals surface area contributed by atoms with Crippen molar-refractivity contribution in [3.05, 3.63) is 42.2 Å². The highest BCUT2D eigenvalue weighted by Crippen LogP contribution is 2.16. The molecule has 0 spiro atoms. The zero-order chi connectivity index (χ0) is 14.7. The summed E-state index contributed by atoms with van der Waals surface area (Å²) in [6.45, 7) is -0.0310.